The van der Waals surface area contributed by atoms with E-state index < -0.39 is 0 Å². The number of hydrogen-bond donors (Lipinski definition) is 1. The summed E-state index contributed by atoms with van der Waals surface area (Å²) in [6, 6.07) is 10.3. The second-order valence-electron chi connectivity index (χ2n) is 4.42. The van der Waals surface area contributed by atoms with Gasteiger partial charge in [-0.05, 0) is 29.9 Å². The molecule has 0 amide bonds. The van der Waals surface area contributed by atoms with Crippen LogP contribution >= 0.6 is 23.5 Å². The summed E-state index contributed by atoms with van der Waals surface area (Å²) in [5, 5.41) is 10.5. The monoisotopic (exact) mass is 268 g/mol. The second kappa shape index (κ2) is 6.17. The fourth-order valence-electron chi connectivity index (χ4n) is 2.22. The fraction of sp³-hybridized carbons (Fsp3) is 0.571. The summed E-state index contributed by atoms with van der Waals surface area (Å²) >= 11 is 3.90. The lowest BCUT2D eigenvalue weighted by molar-refractivity contribution is 0.159. The van der Waals surface area contributed by atoms with E-state index in [4.69, 9.17) is 0 Å². The lowest BCUT2D eigenvalue weighted by atomic mass is 10.0. The van der Waals surface area contributed by atoms with Crippen molar-refractivity contribution in [2.24, 2.45) is 0 Å². The molecule has 1 unspecified atom stereocenters. The molecule has 1 N–H and O–H groups in total. The molecule has 1 aliphatic heterocycles. The van der Waals surface area contributed by atoms with Gasteiger partial charge in [-0.15, -0.1) is 23.5 Å². The van der Waals surface area contributed by atoms with Gasteiger partial charge in [-0.25, -0.2) is 0 Å². The van der Waals surface area contributed by atoms with E-state index in [0.717, 1.165) is 12.8 Å². The number of benzene rings is 1. The molecule has 1 aromatic carbocycles. The second-order valence-corrected chi connectivity index (χ2v) is 7.53. The lowest BCUT2D eigenvalue weighted by Crippen LogP contribution is -2.39. The topological polar surface area (TPSA) is 20.2 Å². The van der Waals surface area contributed by atoms with E-state index in [2.05, 4.69) is 19.1 Å². The van der Waals surface area contributed by atoms with Gasteiger partial charge in [0.2, 0.25) is 0 Å². The van der Waals surface area contributed by atoms with Crippen LogP contribution in [0.2, 0.25) is 0 Å². The fourth-order valence-corrected chi connectivity index (χ4v) is 5.46. The molecule has 17 heavy (non-hydrogen) atoms. The summed E-state index contributed by atoms with van der Waals surface area (Å²) in [4.78, 5) is 0. The van der Waals surface area contributed by atoms with Crippen molar-refractivity contribution in [3.63, 3.8) is 0 Å². The molecule has 2 rings (SSSR count). The first-order valence-corrected chi connectivity index (χ1v) is 8.24. The Hall–Kier alpha value is -0.120. The number of aliphatic hydroxyl groups is 1. The van der Waals surface area contributed by atoms with Crippen LogP contribution in [0.1, 0.15) is 25.3 Å². The highest BCUT2D eigenvalue weighted by molar-refractivity contribution is 8.18. The van der Waals surface area contributed by atoms with E-state index in [1.54, 1.807) is 0 Å². The van der Waals surface area contributed by atoms with Crippen molar-refractivity contribution < 1.29 is 5.11 Å². The van der Waals surface area contributed by atoms with E-state index in [-0.39, 0.29) is 10.2 Å². The zero-order chi connectivity index (χ0) is 12.1. The smallest absolute Gasteiger partial charge is 0.0869 e. The first-order chi connectivity index (χ1) is 8.27. The van der Waals surface area contributed by atoms with Gasteiger partial charge in [0.1, 0.15) is 0 Å². The molecule has 0 saturated carbocycles. The quantitative estimate of drug-likeness (QED) is 0.901. The molecule has 0 aromatic heterocycles. The summed E-state index contributed by atoms with van der Waals surface area (Å²) in [5.41, 5.74) is 1.24. The molecule has 0 radical (unpaired) electrons. The Morgan fingerprint density at radius 1 is 1.24 bits per heavy atom. The molecule has 0 bridgehead atoms. The zero-order valence-electron chi connectivity index (χ0n) is 10.3. The maximum atomic E-state index is 10.5. The molecule has 1 atom stereocenters. The predicted octanol–water partition coefficient (Wildman–Crippen LogP) is 3.57. The Bertz CT molecular complexity index is 333. The molecule has 1 saturated heterocycles. The van der Waals surface area contributed by atoms with Crippen LogP contribution in [0.4, 0.5) is 0 Å². The first-order valence-electron chi connectivity index (χ1n) is 6.27. The number of rotatable bonds is 4. The molecular weight excluding hydrogens is 248 g/mol. The van der Waals surface area contributed by atoms with Crippen LogP contribution in [0.5, 0.6) is 0 Å². The van der Waals surface area contributed by atoms with Crippen molar-refractivity contribution in [2.45, 2.75) is 36.4 Å². The SMILES string of the molecule is CCC1(C(O)Cc2ccccc2)SCCCS1. The average Bonchev–Trinajstić information content (AvgIpc) is 2.40. The molecule has 1 heterocycles. The molecule has 94 valence electrons. The Morgan fingerprint density at radius 2 is 1.88 bits per heavy atom. The van der Waals surface area contributed by atoms with Crippen molar-refractivity contribution in [3.8, 4) is 0 Å². The van der Waals surface area contributed by atoms with Crippen LogP contribution in [0.3, 0.4) is 0 Å². The zero-order valence-corrected chi connectivity index (χ0v) is 11.9. The van der Waals surface area contributed by atoms with E-state index in [1.165, 1.54) is 23.5 Å². The van der Waals surface area contributed by atoms with E-state index in [9.17, 15) is 5.11 Å². The summed E-state index contributed by atoms with van der Waals surface area (Å²) in [6.07, 6.45) is 2.84. The Labute approximate surface area is 112 Å². The lowest BCUT2D eigenvalue weighted by Gasteiger charge is -2.39. The van der Waals surface area contributed by atoms with Crippen molar-refractivity contribution in [3.05, 3.63) is 35.9 Å². The maximum Gasteiger partial charge on any atom is 0.0869 e. The van der Waals surface area contributed by atoms with Crippen molar-refractivity contribution in [1.82, 2.24) is 0 Å². The minimum Gasteiger partial charge on any atom is -0.390 e. The molecule has 0 aliphatic carbocycles. The molecule has 1 fully saturated rings. The molecular formula is C14H20OS2. The van der Waals surface area contributed by atoms with Crippen LogP contribution in [0.25, 0.3) is 0 Å². The minimum absolute atomic E-state index is 0.0219. The van der Waals surface area contributed by atoms with Gasteiger partial charge < -0.3 is 5.11 Å². The maximum absolute atomic E-state index is 10.5. The van der Waals surface area contributed by atoms with Crippen LogP contribution < -0.4 is 0 Å². The molecule has 1 aromatic rings. The number of hydrogen-bond acceptors (Lipinski definition) is 3. The average molecular weight is 268 g/mol. The Balaban J connectivity index is 2.04. The highest BCUT2D eigenvalue weighted by Crippen LogP contribution is 2.47. The largest absolute Gasteiger partial charge is 0.390 e. The van der Waals surface area contributed by atoms with Gasteiger partial charge in [-0.1, -0.05) is 37.3 Å². The minimum atomic E-state index is -0.245. The summed E-state index contributed by atoms with van der Waals surface area (Å²) in [7, 11) is 0. The van der Waals surface area contributed by atoms with Crippen molar-refractivity contribution in [1.29, 1.82) is 0 Å². The third-order valence-corrected chi connectivity index (χ3v) is 7.05. The molecule has 3 heteroatoms. The van der Waals surface area contributed by atoms with Gasteiger partial charge in [0.15, 0.2) is 0 Å². The van der Waals surface area contributed by atoms with Crippen LogP contribution in [-0.4, -0.2) is 26.8 Å². The van der Waals surface area contributed by atoms with Gasteiger partial charge in [-0.3, -0.25) is 0 Å². The highest BCUT2D eigenvalue weighted by atomic mass is 32.2. The van der Waals surface area contributed by atoms with E-state index in [1.807, 2.05) is 41.7 Å². The van der Waals surface area contributed by atoms with E-state index >= 15 is 0 Å². The van der Waals surface area contributed by atoms with Gasteiger partial charge in [0.05, 0.1) is 10.2 Å². The third-order valence-electron chi connectivity index (χ3n) is 3.25. The van der Waals surface area contributed by atoms with Gasteiger partial charge in [-0.2, -0.15) is 0 Å². The Morgan fingerprint density at radius 3 is 2.47 bits per heavy atom. The summed E-state index contributed by atoms with van der Waals surface area (Å²) in [6.45, 7) is 2.19. The van der Waals surface area contributed by atoms with Crippen LogP contribution in [0.15, 0.2) is 30.3 Å². The predicted molar refractivity (Wildman–Crippen MR) is 78.7 cm³/mol. The first kappa shape index (κ1) is 13.3. The van der Waals surface area contributed by atoms with E-state index in [0.29, 0.717) is 0 Å². The van der Waals surface area contributed by atoms with Crippen molar-refractivity contribution in [2.75, 3.05) is 11.5 Å². The summed E-state index contributed by atoms with van der Waals surface area (Å²) < 4.78 is 0.0219. The normalized spacial score (nSPS) is 21.1. The van der Waals surface area contributed by atoms with Gasteiger partial charge >= 0.3 is 0 Å². The standard InChI is InChI=1S/C14H20OS2/c1-2-14(16-9-6-10-17-14)13(15)11-12-7-4-3-5-8-12/h3-5,7-8,13,15H,2,6,9-11H2,1H3. The number of aliphatic hydroxyl groups excluding tert-OH is 1. The third kappa shape index (κ3) is 3.21. The summed E-state index contributed by atoms with van der Waals surface area (Å²) in [5.74, 6) is 2.37. The molecule has 1 nitrogen and oxygen atoms in total. The van der Waals surface area contributed by atoms with Crippen molar-refractivity contribution >= 4 is 23.5 Å². The van der Waals surface area contributed by atoms with Gasteiger partial charge in [0, 0.05) is 6.42 Å². The van der Waals surface area contributed by atoms with Crippen LogP contribution in [0, 0.1) is 0 Å². The van der Waals surface area contributed by atoms with Gasteiger partial charge in [0.25, 0.3) is 0 Å². The molecule has 1 aliphatic rings. The Kier molecular flexibility index (Phi) is 4.83. The van der Waals surface area contributed by atoms with Crippen LogP contribution in [-0.2, 0) is 6.42 Å². The molecule has 0 spiro atoms. The number of thioether (sulfide) groups is 2. The highest BCUT2D eigenvalue weighted by Gasteiger charge is 2.38.